The van der Waals surface area contributed by atoms with Gasteiger partial charge in [-0.1, -0.05) is 17.4 Å². The van der Waals surface area contributed by atoms with Crippen LogP contribution in [0.1, 0.15) is 37.9 Å². The lowest BCUT2D eigenvalue weighted by atomic mass is 9.95. The Balaban J connectivity index is 1.92. The minimum Gasteiger partial charge on any atom is -0.493 e. The van der Waals surface area contributed by atoms with Gasteiger partial charge >= 0.3 is 11.9 Å². The summed E-state index contributed by atoms with van der Waals surface area (Å²) < 4.78 is 17.6. The van der Waals surface area contributed by atoms with E-state index in [1.54, 1.807) is 44.2 Å². The number of nitrogens with zero attached hydrogens (tertiary/aromatic N) is 3. The van der Waals surface area contributed by atoms with Gasteiger partial charge in [0.05, 0.1) is 40.5 Å². The zero-order chi connectivity index (χ0) is 27.6. The highest BCUT2D eigenvalue weighted by Gasteiger charge is 2.34. The van der Waals surface area contributed by atoms with Crippen molar-refractivity contribution in [3.63, 3.8) is 0 Å². The summed E-state index contributed by atoms with van der Waals surface area (Å²) in [6.45, 7) is 4.74. The number of benzene rings is 2. The Hall–Kier alpha value is -4.58. The van der Waals surface area contributed by atoms with E-state index in [-0.39, 0.29) is 29.4 Å². The van der Waals surface area contributed by atoms with Gasteiger partial charge in [-0.3, -0.25) is 24.3 Å². The number of carbonyl (C=O) groups is 2. The molecule has 3 aromatic rings. The molecular weight excluding hydrogens is 514 g/mol. The minimum absolute atomic E-state index is 0.0653. The number of carbonyl (C=O) groups excluding carboxylic acids is 2. The van der Waals surface area contributed by atoms with Crippen molar-refractivity contribution >= 4 is 35.0 Å². The predicted octanol–water partition coefficient (Wildman–Crippen LogP) is 2.64. The van der Waals surface area contributed by atoms with E-state index in [9.17, 15) is 24.5 Å². The van der Waals surface area contributed by atoms with E-state index in [0.717, 1.165) is 11.3 Å². The molecule has 4 rings (SSSR count). The Bertz CT molecular complexity index is 1650. The first-order chi connectivity index (χ1) is 18.1. The van der Waals surface area contributed by atoms with Crippen LogP contribution >= 0.6 is 11.3 Å². The molecule has 2 heterocycles. The smallest absolute Gasteiger partial charge is 0.338 e. The van der Waals surface area contributed by atoms with Crippen molar-refractivity contribution in [1.29, 1.82) is 0 Å². The molecule has 0 saturated carbocycles. The lowest BCUT2D eigenvalue weighted by Gasteiger charge is -2.25. The molecule has 1 aliphatic heterocycles. The highest BCUT2D eigenvalue weighted by Crippen LogP contribution is 2.36. The number of rotatable bonds is 7. The van der Waals surface area contributed by atoms with E-state index in [4.69, 9.17) is 14.2 Å². The van der Waals surface area contributed by atoms with Gasteiger partial charge in [0.2, 0.25) is 0 Å². The number of non-ortho nitro benzene ring substituents is 1. The number of hydrogen-bond donors (Lipinski definition) is 0. The van der Waals surface area contributed by atoms with E-state index in [1.165, 1.54) is 36.8 Å². The lowest BCUT2D eigenvalue weighted by Crippen LogP contribution is -2.40. The Labute approximate surface area is 220 Å². The normalized spacial score (nSPS) is 14.9. The van der Waals surface area contributed by atoms with Crippen LogP contribution in [-0.2, 0) is 14.3 Å². The molecule has 0 aliphatic carbocycles. The molecule has 1 unspecified atom stereocenters. The number of methoxy groups -OCH3 is 1. The number of fused-ring (bicyclic) bond motifs is 1. The SMILES string of the molecule is CCOC(=O)C1=C(C)N=c2s/c(=C/c3ccc([N+](=O)[O-])cc3)c(=O)n2C1c1ccc(OC(C)=O)c(OC)c1. The van der Waals surface area contributed by atoms with Crippen LogP contribution in [0.3, 0.4) is 0 Å². The third kappa shape index (κ3) is 5.11. The van der Waals surface area contributed by atoms with Crippen LogP contribution in [0.25, 0.3) is 6.08 Å². The average Bonchev–Trinajstić information content (AvgIpc) is 3.17. The zero-order valence-electron chi connectivity index (χ0n) is 20.9. The molecule has 1 atom stereocenters. The predicted molar refractivity (Wildman–Crippen MR) is 138 cm³/mol. The van der Waals surface area contributed by atoms with E-state index < -0.39 is 28.5 Å². The molecule has 12 heteroatoms. The van der Waals surface area contributed by atoms with Gasteiger partial charge < -0.3 is 14.2 Å². The van der Waals surface area contributed by atoms with Crippen molar-refractivity contribution in [3.8, 4) is 11.5 Å². The van der Waals surface area contributed by atoms with Crippen molar-refractivity contribution in [2.75, 3.05) is 13.7 Å². The molecule has 0 N–H and O–H groups in total. The fourth-order valence-corrected chi connectivity index (χ4v) is 5.09. The Kier molecular flexibility index (Phi) is 7.53. The first kappa shape index (κ1) is 26.5. The van der Waals surface area contributed by atoms with Gasteiger partial charge in [0.25, 0.3) is 11.2 Å². The second kappa shape index (κ2) is 10.8. The first-order valence-corrected chi connectivity index (χ1v) is 12.3. The average molecular weight is 538 g/mol. The quantitative estimate of drug-likeness (QED) is 0.194. The number of nitro benzene ring substituents is 1. The van der Waals surface area contributed by atoms with Gasteiger partial charge in [-0.05, 0) is 55.3 Å². The molecular formula is C26H23N3O8S. The monoisotopic (exact) mass is 537 g/mol. The Morgan fingerprint density at radius 1 is 1.18 bits per heavy atom. The van der Waals surface area contributed by atoms with Gasteiger partial charge in [0.1, 0.15) is 0 Å². The van der Waals surface area contributed by atoms with Crippen LogP contribution in [0.15, 0.2) is 63.5 Å². The number of nitro groups is 1. The molecule has 0 spiro atoms. The summed E-state index contributed by atoms with van der Waals surface area (Å²) in [5, 5.41) is 11.0. The third-order valence-corrected chi connectivity index (χ3v) is 6.66. The fraction of sp³-hybridized carbons (Fsp3) is 0.231. The first-order valence-electron chi connectivity index (χ1n) is 11.4. The topological polar surface area (TPSA) is 139 Å². The van der Waals surface area contributed by atoms with Crippen molar-refractivity contribution in [2.24, 2.45) is 4.99 Å². The molecule has 0 bridgehead atoms. The largest absolute Gasteiger partial charge is 0.493 e. The molecule has 38 heavy (non-hydrogen) atoms. The Morgan fingerprint density at radius 3 is 2.50 bits per heavy atom. The summed E-state index contributed by atoms with van der Waals surface area (Å²) >= 11 is 1.13. The fourth-order valence-electron chi connectivity index (χ4n) is 4.04. The molecule has 0 fully saturated rings. The standard InChI is InChI=1S/C26H23N3O8S/c1-5-36-25(32)22-14(2)27-26-28(23(22)17-8-11-19(37-15(3)30)20(13-17)35-4)24(31)21(38-26)12-16-6-9-18(10-7-16)29(33)34/h6-13,23H,5H2,1-4H3/b21-12+. The van der Waals surface area contributed by atoms with Crippen molar-refractivity contribution < 1.29 is 28.7 Å². The van der Waals surface area contributed by atoms with Gasteiger partial charge in [-0.2, -0.15) is 0 Å². The lowest BCUT2D eigenvalue weighted by molar-refractivity contribution is -0.384. The second-order valence-electron chi connectivity index (χ2n) is 8.15. The molecule has 2 aromatic carbocycles. The van der Waals surface area contributed by atoms with Crippen LogP contribution in [0.4, 0.5) is 5.69 Å². The van der Waals surface area contributed by atoms with E-state index in [0.29, 0.717) is 26.2 Å². The summed E-state index contributed by atoms with van der Waals surface area (Å²) in [5.74, 6) is -0.721. The van der Waals surface area contributed by atoms with Crippen molar-refractivity contribution in [3.05, 3.63) is 94.7 Å². The molecule has 196 valence electrons. The molecule has 1 aliphatic rings. The maximum absolute atomic E-state index is 13.7. The molecule has 11 nitrogen and oxygen atoms in total. The Morgan fingerprint density at radius 2 is 1.89 bits per heavy atom. The summed E-state index contributed by atoms with van der Waals surface area (Å²) in [6, 6.07) is 9.65. The van der Waals surface area contributed by atoms with Crippen LogP contribution in [-0.4, -0.2) is 35.1 Å². The van der Waals surface area contributed by atoms with Crippen LogP contribution in [0, 0.1) is 10.1 Å². The number of thiazole rings is 1. The second-order valence-corrected chi connectivity index (χ2v) is 9.16. The van der Waals surface area contributed by atoms with E-state index in [2.05, 4.69) is 4.99 Å². The summed E-state index contributed by atoms with van der Waals surface area (Å²) in [5.41, 5.74) is 1.20. The number of hydrogen-bond acceptors (Lipinski definition) is 10. The van der Waals surface area contributed by atoms with E-state index in [1.807, 2.05) is 0 Å². The molecule has 0 radical (unpaired) electrons. The number of esters is 2. The van der Waals surface area contributed by atoms with Crippen LogP contribution in [0.5, 0.6) is 11.5 Å². The summed E-state index contributed by atoms with van der Waals surface area (Å²) in [6.07, 6.45) is 1.61. The van der Waals surface area contributed by atoms with Crippen molar-refractivity contribution in [1.82, 2.24) is 4.57 Å². The number of ether oxygens (including phenoxy) is 3. The van der Waals surface area contributed by atoms with Gasteiger partial charge in [-0.15, -0.1) is 0 Å². The van der Waals surface area contributed by atoms with Crippen molar-refractivity contribution in [2.45, 2.75) is 26.8 Å². The highest BCUT2D eigenvalue weighted by atomic mass is 32.1. The molecule has 0 saturated heterocycles. The molecule has 1 aromatic heterocycles. The number of aromatic nitrogens is 1. The maximum atomic E-state index is 13.7. The number of allylic oxidation sites excluding steroid dienone is 1. The summed E-state index contributed by atoms with van der Waals surface area (Å²) in [4.78, 5) is 53.6. The summed E-state index contributed by atoms with van der Waals surface area (Å²) in [7, 11) is 1.41. The highest BCUT2D eigenvalue weighted by molar-refractivity contribution is 7.07. The van der Waals surface area contributed by atoms with Crippen LogP contribution in [0.2, 0.25) is 0 Å². The third-order valence-electron chi connectivity index (χ3n) is 5.68. The van der Waals surface area contributed by atoms with Crippen LogP contribution < -0.4 is 24.4 Å². The van der Waals surface area contributed by atoms with Gasteiger partial charge in [0.15, 0.2) is 16.3 Å². The van der Waals surface area contributed by atoms with Gasteiger partial charge in [-0.25, -0.2) is 9.79 Å². The van der Waals surface area contributed by atoms with Gasteiger partial charge in [0, 0.05) is 19.1 Å². The zero-order valence-corrected chi connectivity index (χ0v) is 21.7. The maximum Gasteiger partial charge on any atom is 0.338 e. The minimum atomic E-state index is -0.899. The van der Waals surface area contributed by atoms with E-state index >= 15 is 0 Å². The molecule has 0 amide bonds.